The molecular formula is C14H22FNO4S. The number of nitrogens with one attached hydrogen (secondary N) is 1. The van der Waals surface area contributed by atoms with E-state index in [0.29, 0.717) is 0 Å². The topological polar surface area (TPSA) is 64.6 Å². The van der Waals surface area contributed by atoms with Crippen molar-refractivity contribution in [3.05, 3.63) is 17.9 Å². The van der Waals surface area contributed by atoms with Gasteiger partial charge in [0.1, 0.15) is 10.7 Å². The normalized spacial score (nSPS) is 11.7. The van der Waals surface area contributed by atoms with E-state index in [1.54, 1.807) is 0 Å². The predicted molar refractivity (Wildman–Crippen MR) is 78.8 cm³/mol. The van der Waals surface area contributed by atoms with Crippen molar-refractivity contribution in [2.75, 3.05) is 20.8 Å². The summed E-state index contributed by atoms with van der Waals surface area (Å²) in [5, 5.41) is 0. The molecule has 0 fully saturated rings. The Labute approximate surface area is 125 Å². The lowest BCUT2D eigenvalue weighted by Gasteiger charge is -2.15. The molecule has 0 saturated heterocycles. The van der Waals surface area contributed by atoms with Gasteiger partial charge in [0.05, 0.1) is 14.2 Å². The molecule has 0 radical (unpaired) electrons. The molecule has 0 aliphatic rings. The first-order valence-electron chi connectivity index (χ1n) is 6.80. The highest BCUT2D eigenvalue weighted by molar-refractivity contribution is 7.89. The van der Waals surface area contributed by atoms with Gasteiger partial charge in [-0.05, 0) is 5.92 Å². The van der Waals surface area contributed by atoms with Gasteiger partial charge in [0.2, 0.25) is 10.0 Å². The lowest BCUT2D eigenvalue weighted by atomic mass is 10.0. The Bertz CT molecular complexity index is 571. The average molecular weight is 319 g/mol. The Morgan fingerprint density at radius 1 is 1.14 bits per heavy atom. The second-order valence-electron chi connectivity index (χ2n) is 4.67. The number of methoxy groups -OCH3 is 2. The number of ether oxygens (including phenoxy) is 2. The van der Waals surface area contributed by atoms with Crippen molar-refractivity contribution in [3.8, 4) is 11.5 Å². The van der Waals surface area contributed by atoms with Crippen LogP contribution in [0.3, 0.4) is 0 Å². The molecule has 1 rings (SSSR count). The van der Waals surface area contributed by atoms with Crippen LogP contribution in [0.4, 0.5) is 4.39 Å². The van der Waals surface area contributed by atoms with Crippen molar-refractivity contribution >= 4 is 10.0 Å². The number of halogens is 1. The summed E-state index contributed by atoms with van der Waals surface area (Å²) in [4.78, 5) is -0.439. The molecule has 0 aliphatic carbocycles. The van der Waals surface area contributed by atoms with Crippen LogP contribution in [-0.4, -0.2) is 29.2 Å². The molecule has 0 bridgehead atoms. The summed E-state index contributed by atoms with van der Waals surface area (Å²) < 4.78 is 50.8. The van der Waals surface area contributed by atoms with Gasteiger partial charge in [0, 0.05) is 18.7 Å². The monoisotopic (exact) mass is 319 g/mol. The van der Waals surface area contributed by atoms with Crippen molar-refractivity contribution in [3.63, 3.8) is 0 Å². The Hall–Kier alpha value is -1.34. The highest BCUT2D eigenvalue weighted by atomic mass is 32.2. The molecule has 0 unspecified atom stereocenters. The van der Waals surface area contributed by atoms with E-state index >= 15 is 0 Å². The molecular weight excluding hydrogens is 297 g/mol. The van der Waals surface area contributed by atoms with E-state index in [4.69, 9.17) is 9.47 Å². The summed E-state index contributed by atoms with van der Waals surface area (Å²) in [6, 6.07) is 2.13. The van der Waals surface area contributed by atoms with Crippen LogP contribution in [-0.2, 0) is 10.0 Å². The fraction of sp³-hybridized carbons (Fsp3) is 0.571. The zero-order chi connectivity index (χ0) is 16.0. The first-order chi connectivity index (χ1) is 9.89. The summed E-state index contributed by atoms with van der Waals surface area (Å²) in [5.41, 5.74) is 0. The zero-order valence-corrected chi connectivity index (χ0v) is 13.6. The minimum Gasteiger partial charge on any atom is -0.493 e. The molecule has 5 nitrogen and oxygen atoms in total. The van der Waals surface area contributed by atoms with Gasteiger partial charge in [0.25, 0.3) is 0 Å². The van der Waals surface area contributed by atoms with Crippen LogP contribution in [0.5, 0.6) is 11.5 Å². The quantitative estimate of drug-likeness (QED) is 0.800. The second kappa shape index (κ2) is 7.61. The SMILES string of the molecule is CCC(CC)CNS(=O)(=O)c1cc(OC)c(OC)cc1F. The van der Waals surface area contributed by atoms with Crippen molar-refractivity contribution < 1.29 is 22.3 Å². The van der Waals surface area contributed by atoms with Crippen molar-refractivity contribution in [1.82, 2.24) is 4.72 Å². The molecule has 7 heteroatoms. The molecule has 0 amide bonds. The van der Waals surface area contributed by atoms with Crippen LogP contribution >= 0.6 is 0 Å². The molecule has 0 saturated carbocycles. The van der Waals surface area contributed by atoms with Crippen molar-refractivity contribution in [1.29, 1.82) is 0 Å². The fourth-order valence-corrected chi connectivity index (χ4v) is 3.11. The van der Waals surface area contributed by atoms with Gasteiger partial charge in [-0.2, -0.15) is 0 Å². The highest BCUT2D eigenvalue weighted by Crippen LogP contribution is 2.31. The molecule has 1 aromatic rings. The molecule has 120 valence electrons. The summed E-state index contributed by atoms with van der Waals surface area (Å²) in [6.45, 7) is 4.25. The molecule has 0 aromatic heterocycles. The number of benzene rings is 1. The minimum absolute atomic E-state index is 0.147. The third kappa shape index (κ3) is 4.31. The van der Waals surface area contributed by atoms with E-state index < -0.39 is 20.7 Å². The lowest BCUT2D eigenvalue weighted by Crippen LogP contribution is -2.29. The maximum atomic E-state index is 14.0. The van der Waals surface area contributed by atoms with E-state index in [1.807, 2.05) is 13.8 Å². The minimum atomic E-state index is -3.92. The van der Waals surface area contributed by atoms with Gasteiger partial charge in [0.15, 0.2) is 11.5 Å². The number of rotatable bonds is 8. The fourth-order valence-electron chi connectivity index (χ4n) is 1.92. The van der Waals surface area contributed by atoms with Gasteiger partial charge in [-0.1, -0.05) is 26.7 Å². The van der Waals surface area contributed by atoms with Crippen molar-refractivity contribution in [2.24, 2.45) is 5.92 Å². The van der Waals surface area contributed by atoms with E-state index in [2.05, 4.69) is 4.72 Å². The highest BCUT2D eigenvalue weighted by Gasteiger charge is 2.23. The summed E-state index contributed by atoms with van der Waals surface area (Å²) in [7, 11) is -1.20. The smallest absolute Gasteiger partial charge is 0.243 e. The molecule has 0 atom stereocenters. The Kier molecular flexibility index (Phi) is 6.42. The number of hydrogen-bond donors (Lipinski definition) is 1. The third-order valence-electron chi connectivity index (χ3n) is 3.44. The van der Waals surface area contributed by atoms with E-state index in [0.717, 1.165) is 25.0 Å². The molecule has 1 N–H and O–H groups in total. The van der Waals surface area contributed by atoms with Crippen LogP contribution in [0.1, 0.15) is 26.7 Å². The summed E-state index contributed by atoms with van der Waals surface area (Å²) in [5.74, 6) is -0.330. The van der Waals surface area contributed by atoms with E-state index in [-0.39, 0.29) is 24.0 Å². The average Bonchev–Trinajstić information content (AvgIpc) is 2.47. The van der Waals surface area contributed by atoms with Gasteiger partial charge < -0.3 is 9.47 Å². The molecule has 21 heavy (non-hydrogen) atoms. The maximum absolute atomic E-state index is 14.0. The van der Waals surface area contributed by atoms with Gasteiger partial charge >= 0.3 is 0 Å². The predicted octanol–water partition coefficient (Wildman–Crippen LogP) is 2.56. The maximum Gasteiger partial charge on any atom is 0.243 e. The van der Waals surface area contributed by atoms with Crippen LogP contribution in [0.25, 0.3) is 0 Å². The molecule has 0 spiro atoms. The van der Waals surface area contributed by atoms with Gasteiger partial charge in [-0.15, -0.1) is 0 Å². The number of hydrogen-bond acceptors (Lipinski definition) is 4. The van der Waals surface area contributed by atoms with Crippen LogP contribution in [0.15, 0.2) is 17.0 Å². The summed E-state index contributed by atoms with van der Waals surface area (Å²) >= 11 is 0. The Morgan fingerprint density at radius 2 is 1.67 bits per heavy atom. The first kappa shape index (κ1) is 17.7. The molecule has 0 aliphatic heterocycles. The standard InChI is InChI=1S/C14H22FNO4S/c1-5-10(6-2)9-16-21(17,18)14-8-13(20-4)12(19-3)7-11(14)15/h7-8,10,16H,5-6,9H2,1-4H3. The van der Waals surface area contributed by atoms with Gasteiger partial charge in [-0.3, -0.25) is 0 Å². The third-order valence-corrected chi connectivity index (χ3v) is 4.88. The first-order valence-corrected chi connectivity index (χ1v) is 8.29. The molecule has 0 heterocycles. The van der Waals surface area contributed by atoms with Crippen LogP contribution in [0.2, 0.25) is 0 Å². The van der Waals surface area contributed by atoms with Crippen molar-refractivity contribution in [2.45, 2.75) is 31.6 Å². The Balaban J connectivity index is 3.08. The van der Waals surface area contributed by atoms with Crippen LogP contribution in [0, 0.1) is 11.7 Å². The Morgan fingerprint density at radius 3 is 2.14 bits per heavy atom. The zero-order valence-electron chi connectivity index (χ0n) is 12.8. The second-order valence-corrected chi connectivity index (χ2v) is 6.41. The molecule has 1 aromatic carbocycles. The number of sulfonamides is 1. The summed E-state index contributed by atoms with van der Waals surface area (Å²) in [6.07, 6.45) is 1.71. The van der Waals surface area contributed by atoms with Crippen LogP contribution < -0.4 is 14.2 Å². The lowest BCUT2D eigenvalue weighted by molar-refractivity contribution is 0.350. The van der Waals surface area contributed by atoms with Gasteiger partial charge in [-0.25, -0.2) is 17.5 Å². The largest absolute Gasteiger partial charge is 0.493 e. The van der Waals surface area contributed by atoms with E-state index in [9.17, 15) is 12.8 Å². The van der Waals surface area contributed by atoms with E-state index in [1.165, 1.54) is 14.2 Å².